The van der Waals surface area contributed by atoms with E-state index < -0.39 is 0 Å². The van der Waals surface area contributed by atoms with Gasteiger partial charge in [0.25, 0.3) is 0 Å². The maximum Gasteiger partial charge on any atom is 0.218 e. The fourth-order valence-electron chi connectivity index (χ4n) is 2.15. The second kappa shape index (κ2) is 4.31. The van der Waals surface area contributed by atoms with Crippen LogP contribution in [0.2, 0.25) is 0 Å². The monoisotopic (exact) mass is 276 g/mol. The van der Waals surface area contributed by atoms with Crippen LogP contribution in [0.3, 0.4) is 0 Å². The van der Waals surface area contributed by atoms with Crippen LogP contribution >= 0.6 is 15.9 Å². The van der Waals surface area contributed by atoms with Crippen LogP contribution in [0.4, 0.5) is 0 Å². The number of aromatic nitrogens is 1. The maximum atomic E-state index is 6.89. The summed E-state index contributed by atoms with van der Waals surface area (Å²) in [5.41, 5.74) is 3.78. The van der Waals surface area contributed by atoms with Crippen molar-refractivity contribution in [3.8, 4) is 0 Å². The lowest BCUT2D eigenvalue weighted by Crippen LogP contribution is -1.94. The summed E-state index contributed by atoms with van der Waals surface area (Å²) >= 11 is 3.58. The Morgan fingerprint density at radius 1 is 1.44 bits per heavy atom. The number of rotatable bonds is 2. The molecule has 0 fully saturated rings. The number of benzene rings is 1. The lowest BCUT2D eigenvalue weighted by Gasteiger charge is -2.00. The molecule has 2 aromatic rings. The van der Waals surface area contributed by atoms with Gasteiger partial charge in [0.2, 0.25) is 6.54 Å². The van der Waals surface area contributed by atoms with Crippen molar-refractivity contribution in [1.82, 2.24) is 4.57 Å². The Bertz CT molecular complexity index is 576. The zero-order chi connectivity index (χ0) is 11.7. The molecule has 0 N–H and O–H groups in total. The van der Waals surface area contributed by atoms with Crippen LogP contribution in [-0.2, 0) is 13.5 Å². The van der Waals surface area contributed by atoms with E-state index in [1.807, 2.05) is 6.07 Å². The Hall–Kier alpha value is -1.27. The summed E-state index contributed by atoms with van der Waals surface area (Å²) in [6.45, 7) is 9.57. The molecular formula is C13H13BrN2. The van der Waals surface area contributed by atoms with Gasteiger partial charge in [-0.3, -0.25) is 0 Å². The molecule has 1 aromatic heterocycles. The van der Waals surface area contributed by atoms with Crippen molar-refractivity contribution in [3.63, 3.8) is 0 Å². The molecule has 0 spiro atoms. The van der Waals surface area contributed by atoms with Gasteiger partial charge in [0, 0.05) is 29.0 Å². The van der Waals surface area contributed by atoms with Gasteiger partial charge in [-0.2, -0.15) is 0 Å². The highest BCUT2D eigenvalue weighted by Gasteiger charge is 2.13. The lowest BCUT2D eigenvalue weighted by atomic mass is 10.1. The molecule has 0 bridgehead atoms. The molecule has 0 aliphatic rings. The van der Waals surface area contributed by atoms with Gasteiger partial charge in [0.15, 0.2) is 0 Å². The zero-order valence-corrected chi connectivity index (χ0v) is 11.0. The molecule has 0 radical (unpaired) electrons. The third kappa shape index (κ3) is 1.64. The van der Waals surface area contributed by atoms with Crippen LogP contribution in [0.15, 0.2) is 22.7 Å². The van der Waals surface area contributed by atoms with E-state index in [1.165, 1.54) is 22.2 Å². The summed E-state index contributed by atoms with van der Waals surface area (Å²) in [4.78, 5) is 3.44. The Balaban J connectivity index is 2.70. The van der Waals surface area contributed by atoms with E-state index in [1.54, 1.807) is 0 Å². The van der Waals surface area contributed by atoms with Gasteiger partial charge in [0.05, 0.1) is 5.52 Å². The van der Waals surface area contributed by atoms with Crippen molar-refractivity contribution >= 4 is 26.8 Å². The molecule has 0 aliphatic carbocycles. The molecule has 3 heteroatoms. The molecule has 2 rings (SSSR count). The van der Waals surface area contributed by atoms with E-state index in [-0.39, 0.29) is 0 Å². The summed E-state index contributed by atoms with van der Waals surface area (Å²) in [5, 5.41) is 1.26. The molecule has 0 unspecified atom stereocenters. The van der Waals surface area contributed by atoms with Gasteiger partial charge in [-0.1, -0.05) is 12.1 Å². The maximum absolute atomic E-state index is 6.89. The summed E-state index contributed by atoms with van der Waals surface area (Å²) in [5.74, 6) is 0. The number of hydrogen-bond donors (Lipinski definition) is 0. The molecule has 0 amide bonds. The summed E-state index contributed by atoms with van der Waals surface area (Å²) in [6, 6.07) is 6.24. The largest absolute Gasteiger partial charge is 0.347 e. The SMILES string of the molecule is [C-]#[N+]CCc1c(C)n(C)c2c(Br)cccc12. The van der Waals surface area contributed by atoms with E-state index in [2.05, 4.69) is 51.4 Å². The van der Waals surface area contributed by atoms with Gasteiger partial charge >= 0.3 is 0 Å². The summed E-state index contributed by atoms with van der Waals surface area (Å²) < 4.78 is 3.31. The third-order valence-corrected chi connectivity index (χ3v) is 3.70. The van der Waals surface area contributed by atoms with Crippen LogP contribution in [-0.4, -0.2) is 11.1 Å². The zero-order valence-electron chi connectivity index (χ0n) is 9.42. The molecule has 16 heavy (non-hydrogen) atoms. The van der Waals surface area contributed by atoms with Gasteiger partial charge in [-0.15, -0.1) is 0 Å². The minimum absolute atomic E-state index is 0.562. The number of aryl methyl sites for hydroxylation is 1. The average molecular weight is 277 g/mol. The Morgan fingerprint density at radius 2 is 2.19 bits per heavy atom. The first-order valence-corrected chi connectivity index (χ1v) is 6.01. The topological polar surface area (TPSA) is 9.29 Å². The molecule has 82 valence electrons. The quantitative estimate of drug-likeness (QED) is 0.740. The first-order valence-electron chi connectivity index (χ1n) is 5.22. The summed E-state index contributed by atoms with van der Waals surface area (Å²) in [7, 11) is 2.07. The first-order chi connectivity index (χ1) is 7.66. The van der Waals surface area contributed by atoms with Gasteiger partial charge < -0.3 is 9.41 Å². The normalized spacial score (nSPS) is 10.6. The molecule has 1 aromatic carbocycles. The highest BCUT2D eigenvalue weighted by molar-refractivity contribution is 9.10. The van der Waals surface area contributed by atoms with Crippen LogP contribution in [0, 0.1) is 13.5 Å². The third-order valence-electron chi connectivity index (χ3n) is 3.06. The average Bonchev–Trinajstić information content (AvgIpc) is 2.51. The smallest absolute Gasteiger partial charge is 0.218 e. The van der Waals surface area contributed by atoms with Crippen LogP contribution in [0.1, 0.15) is 11.3 Å². The van der Waals surface area contributed by atoms with Gasteiger partial charge in [-0.25, -0.2) is 6.57 Å². The second-order valence-corrected chi connectivity index (χ2v) is 4.75. The highest BCUT2D eigenvalue weighted by atomic mass is 79.9. The van der Waals surface area contributed by atoms with E-state index in [0.29, 0.717) is 6.54 Å². The fourth-order valence-corrected chi connectivity index (χ4v) is 2.78. The van der Waals surface area contributed by atoms with E-state index >= 15 is 0 Å². The van der Waals surface area contributed by atoms with Crippen molar-refractivity contribution in [2.45, 2.75) is 13.3 Å². The molecule has 0 saturated heterocycles. The van der Waals surface area contributed by atoms with Gasteiger partial charge in [-0.05, 0) is 34.5 Å². The molecule has 0 aliphatic heterocycles. The molecule has 0 saturated carbocycles. The molecular weight excluding hydrogens is 264 g/mol. The van der Waals surface area contributed by atoms with Crippen molar-refractivity contribution < 1.29 is 0 Å². The van der Waals surface area contributed by atoms with Crippen molar-refractivity contribution in [1.29, 1.82) is 0 Å². The van der Waals surface area contributed by atoms with E-state index in [4.69, 9.17) is 6.57 Å². The van der Waals surface area contributed by atoms with Crippen molar-refractivity contribution in [2.75, 3.05) is 6.54 Å². The van der Waals surface area contributed by atoms with E-state index in [0.717, 1.165) is 10.9 Å². The fraction of sp³-hybridized carbons (Fsp3) is 0.308. The van der Waals surface area contributed by atoms with Crippen LogP contribution in [0.25, 0.3) is 15.7 Å². The number of fused-ring (bicyclic) bond motifs is 1. The Kier molecular flexibility index (Phi) is 3.02. The second-order valence-electron chi connectivity index (χ2n) is 3.89. The molecule has 2 nitrogen and oxygen atoms in total. The van der Waals surface area contributed by atoms with E-state index in [9.17, 15) is 0 Å². The van der Waals surface area contributed by atoms with Crippen LogP contribution < -0.4 is 0 Å². The van der Waals surface area contributed by atoms with Crippen LogP contribution in [0.5, 0.6) is 0 Å². The Morgan fingerprint density at radius 3 is 2.88 bits per heavy atom. The number of hydrogen-bond acceptors (Lipinski definition) is 0. The standard InChI is InChI=1S/C13H13BrN2/c1-9-10(7-8-15-2)11-5-4-6-12(14)13(11)16(9)3/h4-6H,7-8H2,1,3H3. The summed E-state index contributed by atoms with van der Waals surface area (Å²) in [6.07, 6.45) is 0.836. The number of halogens is 1. The minimum atomic E-state index is 0.562. The van der Waals surface area contributed by atoms with Crippen molar-refractivity contribution in [3.05, 3.63) is 45.3 Å². The lowest BCUT2D eigenvalue weighted by molar-refractivity contribution is 0.894. The Labute approximate surface area is 104 Å². The predicted octanol–water partition coefficient (Wildman–Crippen LogP) is 3.71. The van der Waals surface area contributed by atoms with Crippen molar-refractivity contribution in [2.24, 2.45) is 7.05 Å². The highest BCUT2D eigenvalue weighted by Crippen LogP contribution is 2.30. The first kappa shape index (κ1) is 11.2. The minimum Gasteiger partial charge on any atom is -0.347 e. The van der Waals surface area contributed by atoms with Gasteiger partial charge in [0.1, 0.15) is 0 Å². The predicted molar refractivity (Wildman–Crippen MR) is 70.5 cm³/mol. The molecule has 1 heterocycles. The number of para-hydroxylation sites is 1. The number of nitrogens with zero attached hydrogens (tertiary/aromatic N) is 2. The molecule has 0 atom stereocenters.